The highest BCUT2D eigenvalue weighted by Gasteiger charge is 2.81. The van der Waals surface area contributed by atoms with E-state index in [-0.39, 0.29) is 0 Å². The summed E-state index contributed by atoms with van der Waals surface area (Å²) in [6.45, 7) is 0. The minimum atomic E-state index is -6.68. The Morgan fingerprint density at radius 3 is 1.15 bits per heavy atom. The van der Waals surface area contributed by atoms with Crippen LogP contribution in [0.2, 0.25) is 0 Å². The number of alkyl halides is 8. The summed E-state index contributed by atoms with van der Waals surface area (Å²) >= 11 is 0. The number of nitrogens with one attached hydrogen (secondary N) is 2. The Labute approximate surface area is 142 Å². The molecule has 26 heavy (non-hydrogen) atoms. The van der Waals surface area contributed by atoms with Crippen molar-refractivity contribution in [3.8, 4) is 0 Å². The van der Waals surface area contributed by atoms with Crippen LogP contribution in [0.5, 0.6) is 0 Å². The predicted molar refractivity (Wildman–Crippen MR) is 79.9 cm³/mol. The van der Waals surface area contributed by atoms with E-state index in [1.165, 1.54) is 47.0 Å². The van der Waals surface area contributed by atoms with Gasteiger partial charge in [0, 0.05) is 11.4 Å². The molecule has 2 rings (SSSR count). The second kappa shape index (κ2) is 6.65. The van der Waals surface area contributed by atoms with Crippen molar-refractivity contribution >= 4 is 11.4 Å². The van der Waals surface area contributed by atoms with Gasteiger partial charge in [-0.3, -0.25) is 0 Å². The van der Waals surface area contributed by atoms with Crippen molar-refractivity contribution in [1.29, 1.82) is 0 Å². The van der Waals surface area contributed by atoms with E-state index >= 15 is 4.39 Å². The molecule has 2 aromatic carbocycles. The van der Waals surface area contributed by atoms with Crippen molar-refractivity contribution in [1.82, 2.24) is 0 Å². The number of benzene rings is 2. The van der Waals surface area contributed by atoms with Gasteiger partial charge < -0.3 is 10.6 Å². The molecule has 0 spiro atoms. The van der Waals surface area contributed by atoms with Gasteiger partial charge in [-0.05, 0) is 24.3 Å². The number of rotatable bonds is 6. The molecule has 0 atom stereocenters. The molecule has 0 radical (unpaired) electrons. The molecule has 142 valence electrons. The lowest BCUT2D eigenvalue weighted by atomic mass is 10.1. The van der Waals surface area contributed by atoms with Gasteiger partial charge in [0.2, 0.25) is 0 Å². The Bertz CT molecular complexity index is 675. The molecule has 2 N–H and O–H groups in total. The summed E-state index contributed by atoms with van der Waals surface area (Å²) in [7, 11) is 0. The third kappa shape index (κ3) is 3.54. The Morgan fingerprint density at radius 2 is 0.846 bits per heavy atom. The van der Waals surface area contributed by atoms with Crippen molar-refractivity contribution in [3.63, 3.8) is 0 Å². The van der Waals surface area contributed by atoms with Crippen molar-refractivity contribution in [2.45, 2.75) is 23.9 Å². The number of anilines is 2. The van der Waals surface area contributed by atoms with Crippen molar-refractivity contribution in [3.05, 3.63) is 60.7 Å². The van der Waals surface area contributed by atoms with Gasteiger partial charge in [0.25, 0.3) is 0 Å². The molecular formula is C16H12F8N2. The summed E-state index contributed by atoms with van der Waals surface area (Å²) in [6.07, 6.45) is -6.68. The zero-order valence-electron chi connectivity index (χ0n) is 12.8. The van der Waals surface area contributed by atoms with Gasteiger partial charge in [0.05, 0.1) is 0 Å². The van der Waals surface area contributed by atoms with E-state index in [1.54, 1.807) is 0 Å². The normalized spacial score (nSPS) is 13.4. The van der Waals surface area contributed by atoms with Gasteiger partial charge in [0.1, 0.15) is 0 Å². The maximum absolute atomic E-state index is 15.0. The zero-order chi connectivity index (χ0) is 19.6. The Kier molecular flexibility index (Phi) is 5.07. The van der Waals surface area contributed by atoms with E-state index in [4.69, 9.17) is 0 Å². The van der Waals surface area contributed by atoms with Gasteiger partial charge in [0.15, 0.2) is 0 Å². The number of halogens is 8. The average Bonchev–Trinajstić information content (AvgIpc) is 2.55. The SMILES string of the molecule is FC(F)(F)C(F)(F)C(F)(F)C(F)(Nc1ccccc1)Nc1ccccc1. The van der Waals surface area contributed by atoms with E-state index in [9.17, 15) is 30.7 Å². The number of para-hydroxylation sites is 2. The number of hydrogen-bond donors (Lipinski definition) is 2. The predicted octanol–water partition coefficient (Wildman–Crippen LogP) is 5.67. The molecule has 0 saturated heterocycles. The third-order valence-corrected chi connectivity index (χ3v) is 3.36. The standard InChI is InChI=1S/C16H12F8N2/c17-13(18,15(21,22)23)14(19,20)16(24,25-11-7-3-1-4-8-11)26-12-9-5-2-6-10-12/h1-10,25-26H. The van der Waals surface area contributed by atoms with Crippen molar-refractivity contribution in [2.75, 3.05) is 10.6 Å². The Balaban J connectivity index is 2.52. The van der Waals surface area contributed by atoms with Crippen LogP contribution in [0.25, 0.3) is 0 Å². The third-order valence-electron chi connectivity index (χ3n) is 3.36. The molecule has 10 heteroatoms. The highest BCUT2D eigenvalue weighted by Crippen LogP contribution is 2.52. The minimum Gasteiger partial charge on any atom is -0.331 e. The lowest BCUT2D eigenvalue weighted by Crippen LogP contribution is -2.68. The quantitative estimate of drug-likeness (QED) is 0.381. The lowest BCUT2D eigenvalue weighted by Gasteiger charge is -2.39. The van der Waals surface area contributed by atoms with Crippen LogP contribution in [0.3, 0.4) is 0 Å². The number of hydrogen-bond acceptors (Lipinski definition) is 2. The molecule has 0 aliphatic heterocycles. The topological polar surface area (TPSA) is 24.1 Å². The van der Waals surface area contributed by atoms with Gasteiger partial charge in [-0.15, -0.1) is 0 Å². The first-order valence-corrected chi connectivity index (χ1v) is 7.08. The highest BCUT2D eigenvalue weighted by atomic mass is 19.4. The molecule has 2 nitrogen and oxygen atoms in total. The second-order valence-electron chi connectivity index (χ2n) is 5.29. The fraction of sp³-hybridized carbons (Fsp3) is 0.250. The molecule has 0 unspecified atom stereocenters. The fourth-order valence-corrected chi connectivity index (χ4v) is 2.02. The zero-order valence-corrected chi connectivity index (χ0v) is 12.8. The minimum absolute atomic E-state index is 0.434. The molecule has 0 fully saturated rings. The molecule has 0 aliphatic carbocycles. The van der Waals surface area contributed by atoms with E-state index in [0.717, 1.165) is 24.3 Å². The first-order valence-electron chi connectivity index (χ1n) is 7.08. The van der Waals surface area contributed by atoms with Crippen LogP contribution in [0, 0.1) is 0 Å². The molecular weight excluding hydrogens is 372 g/mol. The highest BCUT2D eigenvalue weighted by molar-refractivity contribution is 5.52. The Hall–Kier alpha value is -2.52. The largest absolute Gasteiger partial charge is 0.460 e. The Morgan fingerprint density at radius 1 is 0.500 bits per heavy atom. The van der Waals surface area contributed by atoms with Crippen molar-refractivity contribution in [2.24, 2.45) is 0 Å². The van der Waals surface area contributed by atoms with E-state index < -0.39 is 35.3 Å². The molecule has 0 bridgehead atoms. The van der Waals surface area contributed by atoms with Crippen LogP contribution < -0.4 is 10.6 Å². The summed E-state index contributed by atoms with van der Waals surface area (Å²) in [5, 5.41) is 2.83. The van der Waals surface area contributed by atoms with Gasteiger partial charge >= 0.3 is 23.9 Å². The van der Waals surface area contributed by atoms with E-state index in [2.05, 4.69) is 0 Å². The summed E-state index contributed by atoms with van der Waals surface area (Å²) in [5.74, 6) is -17.5. The van der Waals surface area contributed by atoms with Gasteiger partial charge in [-0.2, -0.15) is 35.1 Å². The van der Waals surface area contributed by atoms with Crippen LogP contribution in [-0.4, -0.2) is 23.9 Å². The van der Waals surface area contributed by atoms with Gasteiger partial charge in [-0.25, -0.2) is 0 Å². The van der Waals surface area contributed by atoms with Crippen LogP contribution in [0.1, 0.15) is 0 Å². The summed E-state index contributed by atoms with van der Waals surface area (Å²) in [5.41, 5.74) is -0.868. The molecule has 2 aromatic rings. The second-order valence-corrected chi connectivity index (χ2v) is 5.29. The first kappa shape index (κ1) is 19.8. The van der Waals surface area contributed by atoms with E-state index in [0.29, 0.717) is 0 Å². The lowest BCUT2D eigenvalue weighted by molar-refractivity contribution is -0.374. The molecule has 0 aliphatic rings. The van der Waals surface area contributed by atoms with Crippen LogP contribution in [-0.2, 0) is 0 Å². The van der Waals surface area contributed by atoms with Crippen LogP contribution >= 0.6 is 0 Å². The van der Waals surface area contributed by atoms with E-state index in [1.807, 2.05) is 0 Å². The monoisotopic (exact) mass is 384 g/mol. The van der Waals surface area contributed by atoms with Gasteiger partial charge in [-0.1, -0.05) is 36.4 Å². The molecule has 0 aromatic heterocycles. The molecule has 0 amide bonds. The maximum Gasteiger partial charge on any atom is 0.460 e. The molecule has 0 heterocycles. The average molecular weight is 384 g/mol. The maximum atomic E-state index is 15.0. The molecule has 0 saturated carbocycles. The summed E-state index contributed by atoms with van der Waals surface area (Å²) < 4.78 is 108. The van der Waals surface area contributed by atoms with Crippen LogP contribution in [0.4, 0.5) is 46.5 Å². The first-order chi connectivity index (χ1) is 11.9. The smallest absolute Gasteiger partial charge is 0.331 e. The summed E-state index contributed by atoms with van der Waals surface area (Å²) in [6, 6.07) is 12.0. The van der Waals surface area contributed by atoms with Crippen LogP contribution in [0.15, 0.2) is 60.7 Å². The fourth-order valence-electron chi connectivity index (χ4n) is 2.02. The summed E-state index contributed by atoms with van der Waals surface area (Å²) in [4.78, 5) is 0. The van der Waals surface area contributed by atoms with Crippen molar-refractivity contribution < 1.29 is 35.1 Å².